The number of nitrogens with one attached hydrogen (secondary N) is 1. The van der Waals surface area contributed by atoms with Crippen LogP contribution in [0.15, 0.2) is 42.6 Å². The lowest BCUT2D eigenvalue weighted by atomic mass is 10.1. The molecule has 1 atom stereocenters. The lowest BCUT2D eigenvalue weighted by Crippen LogP contribution is -2.37. The lowest BCUT2D eigenvalue weighted by Gasteiger charge is -2.28. The van der Waals surface area contributed by atoms with Gasteiger partial charge >= 0.3 is 0 Å². The van der Waals surface area contributed by atoms with E-state index in [1.807, 2.05) is 49.3 Å². The molecule has 0 radical (unpaired) electrons. The number of carbonyl (C=O) groups excluding carboxylic acids is 1. The summed E-state index contributed by atoms with van der Waals surface area (Å²) in [4.78, 5) is 21.3. The third-order valence-electron chi connectivity index (χ3n) is 4.75. The molecule has 0 bridgehead atoms. The highest BCUT2D eigenvalue weighted by Crippen LogP contribution is 2.26. The van der Waals surface area contributed by atoms with E-state index in [9.17, 15) is 4.79 Å². The molecule has 1 aliphatic rings. The number of benzene rings is 1. The number of rotatable bonds is 6. The number of hydrogen-bond acceptors (Lipinski definition) is 4. The molecule has 1 aliphatic heterocycles. The molecule has 0 spiro atoms. The highest BCUT2D eigenvalue weighted by atomic mass is 35.5. The summed E-state index contributed by atoms with van der Waals surface area (Å²) in [5, 5.41) is 3.80. The van der Waals surface area contributed by atoms with Crippen molar-refractivity contribution in [2.75, 3.05) is 38.6 Å². The molecule has 1 aromatic carbocycles. The number of hydrogen-bond donors (Lipinski definition) is 1. The molecule has 1 N–H and O–H groups in total. The second-order valence-electron chi connectivity index (χ2n) is 6.79. The summed E-state index contributed by atoms with van der Waals surface area (Å²) in [6.07, 6.45) is 4.03. The first kappa shape index (κ1) is 18.7. The Kier molecular flexibility index (Phi) is 6.12. The molecule has 0 aliphatic carbocycles. The van der Waals surface area contributed by atoms with Crippen molar-refractivity contribution in [3.8, 4) is 0 Å². The zero-order chi connectivity index (χ0) is 18.5. The SMILES string of the molecule is CN(C)c1cccnc1C(=O)NCC(c1cccc(Cl)c1)N1CCCC1. The molecule has 1 aromatic heterocycles. The van der Waals surface area contributed by atoms with Crippen LogP contribution in [0.2, 0.25) is 5.02 Å². The molecule has 3 rings (SSSR count). The zero-order valence-electron chi connectivity index (χ0n) is 15.3. The van der Waals surface area contributed by atoms with E-state index in [0.29, 0.717) is 12.2 Å². The van der Waals surface area contributed by atoms with Gasteiger partial charge in [0.2, 0.25) is 0 Å². The average Bonchev–Trinajstić information content (AvgIpc) is 3.16. The molecule has 138 valence electrons. The van der Waals surface area contributed by atoms with E-state index >= 15 is 0 Å². The van der Waals surface area contributed by atoms with Gasteiger partial charge in [-0.25, -0.2) is 4.98 Å². The number of carbonyl (C=O) groups is 1. The Labute approximate surface area is 160 Å². The summed E-state index contributed by atoms with van der Waals surface area (Å²) < 4.78 is 0. The highest BCUT2D eigenvalue weighted by molar-refractivity contribution is 6.30. The minimum absolute atomic E-state index is 0.117. The Hall–Kier alpha value is -2.11. The number of likely N-dealkylation sites (tertiary alicyclic amines) is 1. The van der Waals surface area contributed by atoms with Crippen molar-refractivity contribution in [1.29, 1.82) is 0 Å². The van der Waals surface area contributed by atoms with Crippen molar-refractivity contribution in [3.63, 3.8) is 0 Å². The van der Waals surface area contributed by atoms with Gasteiger partial charge in [0.1, 0.15) is 0 Å². The molecule has 1 saturated heterocycles. The first-order chi connectivity index (χ1) is 12.6. The van der Waals surface area contributed by atoms with Crippen LogP contribution >= 0.6 is 11.6 Å². The largest absolute Gasteiger partial charge is 0.376 e. The van der Waals surface area contributed by atoms with Crippen LogP contribution in [0.3, 0.4) is 0 Å². The van der Waals surface area contributed by atoms with Gasteiger partial charge in [-0.15, -0.1) is 0 Å². The van der Waals surface area contributed by atoms with Gasteiger partial charge < -0.3 is 10.2 Å². The van der Waals surface area contributed by atoms with Gasteiger partial charge in [-0.05, 0) is 55.8 Å². The van der Waals surface area contributed by atoms with Crippen LogP contribution in [0.5, 0.6) is 0 Å². The van der Waals surface area contributed by atoms with Gasteiger partial charge in [0.25, 0.3) is 5.91 Å². The molecule has 1 amide bonds. The minimum atomic E-state index is -0.152. The normalized spacial score (nSPS) is 15.7. The first-order valence-corrected chi connectivity index (χ1v) is 9.34. The second-order valence-corrected chi connectivity index (χ2v) is 7.23. The van der Waals surface area contributed by atoms with Crippen molar-refractivity contribution in [2.45, 2.75) is 18.9 Å². The number of aromatic nitrogens is 1. The molecular weight excluding hydrogens is 348 g/mol. The van der Waals surface area contributed by atoms with E-state index in [1.165, 1.54) is 12.8 Å². The van der Waals surface area contributed by atoms with E-state index in [-0.39, 0.29) is 11.9 Å². The Morgan fingerprint density at radius 3 is 2.73 bits per heavy atom. The van der Waals surface area contributed by atoms with Gasteiger partial charge in [-0.1, -0.05) is 23.7 Å². The topological polar surface area (TPSA) is 48.5 Å². The van der Waals surface area contributed by atoms with Crippen molar-refractivity contribution in [3.05, 3.63) is 58.9 Å². The summed E-state index contributed by atoms with van der Waals surface area (Å²) in [7, 11) is 3.82. The van der Waals surface area contributed by atoms with E-state index in [1.54, 1.807) is 6.20 Å². The number of anilines is 1. The molecule has 6 heteroatoms. The predicted octanol–water partition coefficient (Wildman–Crippen LogP) is 3.37. The van der Waals surface area contributed by atoms with Crippen LogP contribution in [0.4, 0.5) is 5.69 Å². The molecule has 2 aromatic rings. The van der Waals surface area contributed by atoms with E-state index < -0.39 is 0 Å². The van der Waals surface area contributed by atoms with Crippen molar-refractivity contribution in [1.82, 2.24) is 15.2 Å². The third-order valence-corrected chi connectivity index (χ3v) is 4.99. The fraction of sp³-hybridized carbons (Fsp3) is 0.400. The maximum atomic E-state index is 12.7. The molecular formula is C20H25ClN4O. The van der Waals surface area contributed by atoms with Crippen LogP contribution in [0.1, 0.15) is 34.9 Å². The predicted molar refractivity (Wildman–Crippen MR) is 106 cm³/mol. The maximum absolute atomic E-state index is 12.7. The van der Waals surface area contributed by atoms with Gasteiger partial charge in [0.15, 0.2) is 5.69 Å². The number of nitrogens with zero attached hydrogens (tertiary/aromatic N) is 3. The van der Waals surface area contributed by atoms with Gasteiger partial charge in [-0.2, -0.15) is 0 Å². The van der Waals surface area contributed by atoms with Gasteiger partial charge in [-0.3, -0.25) is 9.69 Å². The average molecular weight is 373 g/mol. The molecule has 2 heterocycles. The first-order valence-electron chi connectivity index (χ1n) is 8.96. The Morgan fingerprint density at radius 1 is 1.27 bits per heavy atom. The van der Waals surface area contributed by atoms with Gasteiger partial charge in [0, 0.05) is 31.9 Å². The van der Waals surface area contributed by atoms with Gasteiger partial charge in [0.05, 0.1) is 11.7 Å². The van der Waals surface area contributed by atoms with Crippen LogP contribution in [0, 0.1) is 0 Å². The van der Waals surface area contributed by atoms with Crippen LogP contribution in [0.25, 0.3) is 0 Å². The summed E-state index contributed by atoms with van der Waals surface area (Å²) in [5.41, 5.74) is 2.39. The number of amides is 1. The summed E-state index contributed by atoms with van der Waals surface area (Å²) >= 11 is 6.19. The standard InChI is InChI=1S/C20H25ClN4O/c1-24(2)17-9-6-10-22-19(17)20(26)23-14-18(25-11-3-4-12-25)15-7-5-8-16(21)13-15/h5-10,13,18H,3-4,11-12,14H2,1-2H3,(H,23,26). The van der Waals surface area contributed by atoms with Crippen molar-refractivity contribution >= 4 is 23.2 Å². The molecule has 1 unspecified atom stereocenters. The Morgan fingerprint density at radius 2 is 2.04 bits per heavy atom. The molecule has 26 heavy (non-hydrogen) atoms. The summed E-state index contributed by atoms with van der Waals surface area (Å²) in [6.45, 7) is 2.61. The molecule has 1 fully saturated rings. The van der Waals surface area contributed by atoms with E-state index in [2.05, 4.69) is 21.3 Å². The number of halogens is 1. The zero-order valence-corrected chi connectivity index (χ0v) is 16.0. The third kappa shape index (κ3) is 4.34. The van der Waals surface area contributed by atoms with Crippen LogP contribution in [-0.2, 0) is 0 Å². The van der Waals surface area contributed by atoms with Crippen LogP contribution in [-0.4, -0.2) is 49.5 Å². The summed E-state index contributed by atoms with van der Waals surface area (Å²) in [5.74, 6) is -0.152. The van der Waals surface area contributed by atoms with Crippen LogP contribution < -0.4 is 10.2 Å². The van der Waals surface area contributed by atoms with E-state index in [0.717, 1.165) is 29.4 Å². The Bertz CT molecular complexity index is 759. The minimum Gasteiger partial charge on any atom is -0.376 e. The fourth-order valence-corrected chi connectivity index (χ4v) is 3.63. The highest BCUT2D eigenvalue weighted by Gasteiger charge is 2.25. The Balaban J connectivity index is 1.77. The maximum Gasteiger partial charge on any atom is 0.272 e. The second kappa shape index (κ2) is 8.52. The monoisotopic (exact) mass is 372 g/mol. The lowest BCUT2D eigenvalue weighted by molar-refractivity contribution is 0.0933. The van der Waals surface area contributed by atoms with Crippen molar-refractivity contribution < 1.29 is 4.79 Å². The number of pyridine rings is 1. The molecule has 0 saturated carbocycles. The van der Waals surface area contributed by atoms with Crippen molar-refractivity contribution in [2.24, 2.45) is 0 Å². The quantitative estimate of drug-likeness (QED) is 0.844. The fourth-order valence-electron chi connectivity index (χ4n) is 3.43. The smallest absolute Gasteiger partial charge is 0.272 e. The summed E-state index contributed by atoms with van der Waals surface area (Å²) in [6, 6.07) is 11.8. The molecule has 5 nitrogen and oxygen atoms in total. The van der Waals surface area contributed by atoms with E-state index in [4.69, 9.17) is 11.6 Å².